The van der Waals surface area contributed by atoms with Gasteiger partial charge in [0.2, 0.25) is 0 Å². The summed E-state index contributed by atoms with van der Waals surface area (Å²) in [6.07, 6.45) is 2.31. The SMILES string of the molecule is COC(=O)C=Cc1cc([N+](=O)[O-])ccc1O. The fraction of sp³-hybridized carbons (Fsp3) is 0.100. The average Bonchev–Trinajstić information content (AvgIpc) is 2.27. The number of nitrogens with zero attached hydrogens (tertiary/aromatic N) is 1. The van der Waals surface area contributed by atoms with Gasteiger partial charge in [-0.25, -0.2) is 4.79 Å². The highest BCUT2D eigenvalue weighted by Gasteiger charge is 2.08. The Labute approximate surface area is 90.9 Å². The highest BCUT2D eigenvalue weighted by atomic mass is 16.6. The third kappa shape index (κ3) is 2.81. The Morgan fingerprint density at radius 2 is 2.25 bits per heavy atom. The van der Waals surface area contributed by atoms with Gasteiger partial charge >= 0.3 is 5.97 Å². The number of ether oxygens (including phenoxy) is 1. The second kappa shape index (κ2) is 4.92. The summed E-state index contributed by atoms with van der Waals surface area (Å²) in [5.41, 5.74) is 0.0157. The molecule has 0 spiro atoms. The minimum Gasteiger partial charge on any atom is -0.507 e. The van der Waals surface area contributed by atoms with E-state index in [9.17, 15) is 20.0 Å². The fourth-order valence-electron chi connectivity index (χ4n) is 1.01. The maximum absolute atomic E-state index is 10.8. The topological polar surface area (TPSA) is 89.7 Å². The highest BCUT2D eigenvalue weighted by Crippen LogP contribution is 2.23. The van der Waals surface area contributed by atoms with Crippen LogP contribution in [0.4, 0.5) is 5.69 Å². The number of aromatic hydroxyl groups is 1. The summed E-state index contributed by atoms with van der Waals surface area (Å²) in [4.78, 5) is 20.7. The van der Waals surface area contributed by atoms with Crippen molar-refractivity contribution >= 4 is 17.7 Å². The van der Waals surface area contributed by atoms with Crippen LogP contribution in [0.2, 0.25) is 0 Å². The van der Waals surface area contributed by atoms with Gasteiger partial charge in [-0.05, 0) is 12.1 Å². The van der Waals surface area contributed by atoms with Crippen molar-refractivity contribution in [3.63, 3.8) is 0 Å². The molecule has 0 atom stereocenters. The van der Waals surface area contributed by atoms with Crippen molar-refractivity contribution < 1.29 is 19.6 Å². The molecule has 0 radical (unpaired) electrons. The van der Waals surface area contributed by atoms with Crippen molar-refractivity contribution in [1.82, 2.24) is 0 Å². The largest absolute Gasteiger partial charge is 0.507 e. The number of benzene rings is 1. The number of methoxy groups -OCH3 is 1. The molecule has 0 fully saturated rings. The van der Waals surface area contributed by atoms with Crippen LogP contribution in [0.1, 0.15) is 5.56 Å². The second-order valence-electron chi connectivity index (χ2n) is 2.86. The molecular weight excluding hydrogens is 214 g/mol. The van der Waals surface area contributed by atoms with Crippen molar-refractivity contribution in [2.45, 2.75) is 0 Å². The molecule has 0 unspecified atom stereocenters. The monoisotopic (exact) mass is 223 g/mol. The fourth-order valence-corrected chi connectivity index (χ4v) is 1.01. The third-order valence-electron chi connectivity index (χ3n) is 1.82. The van der Waals surface area contributed by atoms with Gasteiger partial charge in [-0.2, -0.15) is 0 Å². The Morgan fingerprint density at radius 1 is 1.56 bits per heavy atom. The summed E-state index contributed by atoms with van der Waals surface area (Å²) in [5, 5.41) is 19.8. The van der Waals surface area contributed by atoms with Gasteiger partial charge in [0, 0.05) is 23.8 Å². The Kier molecular flexibility index (Phi) is 3.60. The molecule has 0 aliphatic carbocycles. The third-order valence-corrected chi connectivity index (χ3v) is 1.82. The molecule has 84 valence electrons. The van der Waals surface area contributed by atoms with E-state index in [2.05, 4.69) is 4.74 Å². The van der Waals surface area contributed by atoms with E-state index in [-0.39, 0.29) is 17.0 Å². The van der Waals surface area contributed by atoms with Gasteiger partial charge in [-0.15, -0.1) is 0 Å². The molecule has 6 heteroatoms. The number of rotatable bonds is 3. The number of nitro benzene ring substituents is 1. The maximum atomic E-state index is 10.8. The summed E-state index contributed by atoms with van der Waals surface area (Å²) < 4.78 is 4.35. The lowest BCUT2D eigenvalue weighted by Crippen LogP contribution is -1.93. The number of esters is 1. The van der Waals surface area contributed by atoms with Crippen molar-refractivity contribution in [2.24, 2.45) is 0 Å². The lowest BCUT2D eigenvalue weighted by atomic mass is 10.1. The molecule has 0 saturated carbocycles. The lowest BCUT2D eigenvalue weighted by Gasteiger charge is -1.98. The second-order valence-corrected chi connectivity index (χ2v) is 2.86. The van der Waals surface area contributed by atoms with E-state index in [1.807, 2.05) is 0 Å². The van der Waals surface area contributed by atoms with Crippen molar-refractivity contribution in [1.29, 1.82) is 0 Å². The number of hydrogen-bond donors (Lipinski definition) is 1. The molecule has 0 aliphatic rings. The Hall–Kier alpha value is -2.37. The Bertz CT molecular complexity index is 453. The van der Waals surface area contributed by atoms with Crippen LogP contribution in [0.5, 0.6) is 5.75 Å². The highest BCUT2D eigenvalue weighted by molar-refractivity contribution is 5.87. The van der Waals surface area contributed by atoms with Crippen molar-refractivity contribution in [2.75, 3.05) is 7.11 Å². The molecule has 0 bridgehead atoms. The number of phenols is 1. The maximum Gasteiger partial charge on any atom is 0.330 e. The van der Waals surface area contributed by atoms with Crippen molar-refractivity contribution in [3.05, 3.63) is 40.0 Å². The van der Waals surface area contributed by atoms with Gasteiger partial charge in [0.1, 0.15) is 5.75 Å². The van der Waals surface area contributed by atoms with Crippen molar-refractivity contribution in [3.8, 4) is 5.75 Å². The van der Waals surface area contributed by atoms with Crippen LogP contribution in [-0.2, 0) is 9.53 Å². The van der Waals surface area contributed by atoms with Gasteiger partial charge in [-0.3, -0.25) is 10.1 Å². The average molecular weight is 223 g/mol. The number of non-ortho nitro benzene ring substituents is 1. The van der Waals surface area contributed by atoms with E-state index in [4.69, 9.17) is 0 Å². The molecule has 16 heavy (non-hydrogen) atoms. The minimum absolute atomic E-state index is 0.147. The molecule has 0 aromatic heterocycles. The van der Waals surface area contributed by atoms with Gasteiger partial charge in [0.05, 0.1) is 12.0 Å². The van der Waals surface area contributed by atoms with E-state index in [0.29, 0.717) is 0 Å². The quantitative estimate of drug-likeness (QED) is 0.363. The predicted octanol–water partition coefficient (Wildman–Crippen LogP) is 1.49. The zero-order chi connectivity index (χ0) is 12.1. The number of carbonyl (C=O) groups excluding carboxylic acids is 1. The first-order valence-corrected chi connectivity index (χ1v) is 4.28. The zero-order valence-corrected chi connectivity index (χ0v) is 8.41. The van der Waals surface area contributed by atoms with Crippen LogP contribution in [0, 0.1) is 10.1 Å². The first-order chi connectivity index (χ1) is 7.54. The molecule has 0 saturated heterocycles. The molecule has 1 rings (SSSR count). The molecule has 6 nitrogen and oxygen atoms in total. The number of hydrogen-bond acceptors (Lipinski definition) is 5. The lowest BCUT2D eigenvalue weighted by molar-refractivity contribution is -0.384. The molecule has 0 amide bonds. The predicted molar refractivity (Wildman–Crippen MR) is 55.8 cm³/mol. The van der Waals surface area contributed by atoms with Crippen LogP contribution in [-0.4, -0.2) is 23.1 Å². The summed E-state index contributed by atoms with van der Waals surface area (Å²) >= 11 is 0. The minimum atomic E-state index is -0.606. The zero-order valence-electron chi connectivity index (χ0n) is 8.41. The summed E-state index contributed by atoms with van der Waals surface area (Å²) in [5.74, 6) is -0.753. The van der Waals surface area contributed by atoms with Crippen LogP contribution in [0.15, 0.2) is 24.3 Å². The van der Waals surface area contributed by atoms with Gasteiger partial charge in [-0.1, -0.05) is 0 Å². The molecule has 0 aliphatic heterocycles. The first-order valence-electron chi connectivity index (χ1n) is 4.28. The first kappa shape index (κ1) is 11.7. The van der Waals surface area contributed by atoms with E-state index in [0.717, 1.165) is 12.1 Å². The van der Waals surface area contributed by atoms with E-state index in [1.54, 1.807) is 0 Å². The summed E-state index contributed by atoms with van der Waals surface area (Å²) in [6, 6.07) is 3.52. The molecule has 1 aromatic rings. The van der Waals surface area contributed by atoms with Crippen LogP contribution >= 0.6 is 0 Å². The van der Waals surface area contributed by atoms with E-state index < -0.39 is 10.9 Å². The molecule has 1 aromatic carbocycles. The van der Waals surface area contributed by atoms with E-state index in [1.165, 1.54) is 25.3 Å². The summed E-state index contributed by atoms with van der Waals surface area (Å²) in [6.45, 7) is 0. The van der Waals surface area contributed by atoms with Gasteiger partial charge < -0.3 is 9.84 Å². The number of nitro groups is 1. The molecular formula is C10H9NO5. The number of carbonyl (C=O) groups is 1. The van der Waals surface area contributed by atoms with Gasteiger partial charge in [0.15, 0.2) is 0 Å². The normalized spacial score (nSPS) is 10.3. The van der Waals surface area contributed by atoms with Crippen LogP contribution in [0.25, 0.3) is 6.08 Å². The number of phenolic OH excluding ortho intramolecular Hbond substituents is 1. The molecule has 1 N–H and O–H groups in total. The Balaban J connectivity index is 3.03. The van der Waals surface area contributed by atoms with E-state index >= 15 is 0 Å². The van der Waals surface area contributed by atoms with Crippen LogP contribution < -0.4 is 0 Å². The summed E-state index contributed by atoms with van der Waals surface area (Å²) in [7, 11) is 1.21. The molecule has 0 heterocycles. The van der Waals surface area contributed by atoms with Crippen LogP contribution in [0.3, 0.4) is 0 Å². The standard InChI is InChI=1S/C10H9NO5/c1-16-10(13)5-2-7-6-8(11(14)15)3-4-9(7)12/h2-6,12H,1H3. The smallest absolute Gasteiger partial charge is 0.330 e. The Morgan fingerprint density at radius 3 is 2.81 bits per heavy atom. The van der Waals surface area contributed by atoms with Gasteiger partial charge in [0.25, 0.3) is 5.69 Å².